The zero-order valence-electron chi connectivity index (χ0n) is 16.5. The fourth-order valence-corrected chi connectivity index (χ4v) is 5.50. The van der Waals surface area contributed by atoms with E-state index in [4.69, 9.17) is 15.7 Å². The SMILES string of the molecule is N[C@@H]1CCC[C@@]12CCN(c1cnc3c(N4CCCc5ncccc54)n[nH]c3n1)C2. The van der Waals surface area contributed by atoms with E-state index < -0.39 is 0 Å². The Labute approximate surface area is 169 Å². The van der Waals surface area contributed by atoms with E-state index in [9.17, 15) is 0 Å². The molecule has 1 spiro atoms. The standard InChI is InChI=1S/C21H26N8/c22-16-6-1-7-21(16)8-11-28(13-21)17-12-24-18-19(25-17)26-27-20(18)29-10-3-4-14-15(29)5-2-9-23-14/h2,5,9,12,16H,1,3-4,6-8,10-11,13,22H2,(H,25,26,27)/t16-,21+/m1/s1. The highest BCUT2D eigenvalue weighted by atomic mass is 15.3. The maximum absolute atomic E-state index is 6.44. The number of rotatable bonds is 2. The lowest BCUT2D eigenvalue weighted by atomic mass is 9.82. The van der Waals surface area contributed by atoms with Gasteiger partial charge in [0.05, 0.1) is 17.6 Å². The molecule has 3 N–H and O–H groups in total. The van der Waals surface area contributed by atoms with Crippen LogP contribution in [0, 0.1) is 5.41 Å². The average Bonchev–Trinajstić information content (AvgIpc) is 3.47. The topological polar surface area (TPSA) is 99.9 Å². The summed E-state index contributed by atoms with van der Waals surface area (Å²) in [6, 6.07) is 4.40. The van der Waals surface area contributed by atoms with E-state index in [-0.39, 0.29) is 5.41 Å². The predicted octanol–water partition coefficient (Wildman–Crippen LogP) is 2.54. The molecule has 0 unspecified atom stereocenters. The number of nitrogens with two attached hydrogens (primary N) is 1. The quantitative estimate of drug-likeness (QED) is 0.693. The number of aryl methyl sites for hydroxylation is 1. The first-order chi connectivity index (χ1) is 14.2. The van der Waals surface area contributed by atoms with Crippen LogP contribution in [0.25, 0.3) is 11.2 Å². The van der Waals surface area contributed by atoms with Gasteiger partial charge in [-0.3, -0.25) is 10.1 Å². The van der Waals surface area contributed by atoms with Crippen LogP contribution in [0.4, 0.5) is 17.3 Å². The Balaban J connectivity index is 1.32. The second-order valence-electron chi connectivity index (χ2n) is 8.73. The molecule has 6 rings (SSSR count). The third-order valence-corrected chi connectivity index (χ3v) is 7.13. The largest absolute Gasteiger partial charge is 0.355 e. The van der Waals surface area contributed by atoms with Gasteiger partial charge in [-0.15, -0.1) is 0 Å². The summed E-state index contributed by atoms with van der Waals surface area (Å²) in [5.41, 5.74) is 10.5. The first kappa shape index (κ1) is 17.1. The normalized spacial score (nSPS) is 26.6. The van der Waals surface area contributed by atoms with Gasteiger partial charge >= 0.3 is 0 Å². The second kappa shape index (κ2) is 6.38. The minimum absolute atomic E-state index is 0.264. The molecule has 1 saturated heterocycles. The number of hydrogen-bond acceptors (Lipinski definition) is 7. The fourth-order valence-electron chi connectivity index (χ4n) is 5.50. The van der Waals surface area contributed by atoms with Crippen LogP contribution in [0.1, 0.15) is 37.8 Å². The lowest BCUT2D eigenvalue weighted by Crippen LogP contribution is -2.39. The maximum atomic E-state index is 6.44. The molecule has 0 radical (unpaired) electrons. The van der Waals surface area contributed by atoms with Crippen molar-refractivity contribution in [2.24, 2.45) is 11.1 Å². The van der Waals surface area contributed by atoms with Crippen molar-refractivity contribution in [2.45, 2.75) is 44.6 Å². The minimum Gasteiger partial charge on any atom is -0.355 e. The van der Waals surface area contributed by atoms with E-state index in [1.807, 2.05) is 18.5 Å². The Bertz CT molecular complexity index is 1060. The lowest BCUT2D eigenvalue weighted by molar-refractivity contribution is 0.297. The molecule has 5 heterocycles. The number of nitrogens with one attached hydrogen (secondary N) is 1. The van der Waals surface area contributed by atoms with Gasteiger partial charge in [0.2, 0.25) is 0 Å². The minimum atomic E-state index is 0.264. The molecule has 150 valence electrons. The van der Waals surface area contributed by atoms with Gasteiger partial charge in [0.1, 0.15) is 5.82 Å². The lowest BCUT2D eigenvalue weighted by Gasteiger charge is -2.29. The van der Waals surface area contributed by atoms with Crippen LogP contribution in [0.2, 0.25) is 0 Å². The number of aromatic nitrogens is 5. The van der Waals surface area contributed by atoms with Gasteiger partial charge < -0.3 is 15.5 Å². The molecule has 1 saturated carbocycles. The second-order valence-corrected chi connectivity index (χ2v) is 8.73. The molecule has 3 aliphatic rings. The highest BCUT2D eigenvalue weighted by Gasteiger charge is 2.46. The van der Waals surface area contributed by atoms with Crippen LogP contribution in [-0.2, 0) is 6.42 Å². The van der Waals surface area contributed by atoms with E-state index in [1.54, 1.807) is 0 Å². The molecular formula is C21H26N8. The first-order valence-electron chi connectivity index (χ1n) is 10.7. The summed E-state index contributed by atoms with van der Waals surface area (Å²) in [7, 11) is 0. The van der Waals surface area contributed by atoms with E-state index in [1.165, 1.54) is 12.8 Å². The molecule has 8 heteroatoms. The smallest absolute Gasteiger partial charge is 0.183 e. The number of fused-ring (bicyclic) bond motifs is 2. The van der Waals surface area contributed by atoms with Crippen molar-refractivity contribution in [2.75, 3.05) is 29.4 Å². The highest BCUT2D eigenvalue weighted by Crippen LogP contribution is 2.45. The van der Waals surface area contributed by atoms with Crippen LogP contribution in [0.15, 0.2) is 24.5 Å². The molecule has 0 aromatic carbocycles. The summed E-state index contributed by atoms with van der Waals surface area (Å²) < 4.78 is 0. The molecule has 8 nitrogen and oxygen atoms in total. The molecule has 0 amide bonds. The molecule has 3 aromatic heterocycles. The van der Waals surface area contributed by atoms with Crippen molar-refractivity contribution < 1.29 is 0 Å². The number of nitrogens with zero attached hydrogens (tertiary/aromatic N) is 6. The Kier molecular flexibility index (Phi) is 3.77. The van der Waals surface area contributed by atoms with Gasteiger partial charge in [-0.2, -0.15) is 5.10 Å². The van der Waals surface area contributed by atoms with Gasteiger partial charge in [-0.05, 0) is 44.2 Å². The van der Waals surface area contributed by atoms with Crippen molar-refractivity contribution in [3.8, 4) is 0 Å². The molecule has 0 bridgehead atoms. The number of anilines is 3. The Morgan fingerprint density at radius 3 is 3.03 bits per heavy atom. The number of aromatic amines is 1. The molecule has 2 aliphatic heterocycles. The van der Waals surface area contributed by atoms with E-state index >= 15 is 0 Å². The van der Waals surface area contributed by atoms with Crippen molar-refractivity contribution in [3.05, 3.63) is 30.2 Å². The zero-order valence-corrected chi connectivity index (χ0v) is 16.5. The van der Waals surface area contributed by atoms with Crippen molar-refractivity contribution in [1.82, 2.24) is 25.1 Å². The van der Waals surface area contributed by atoms with Gasteiger partial charge in [-0.25, -0.2) is 9.97 Å². The average molecular weight is 390 g/mol. The molecule has 2 atom stereocenters. The third-order valence-electron chi connectivity index (χ3n) is 7.13. The number of pyridine rings is 1. The summed E-state index contributed by atoms with van der Waals surface area (Å²) in [6.45, 7) is 2.90. The van der Waals surface area contributed by atoms with Crippen molar-refractivity contribution in [1.29, 1.82) is 0 Å². The summed E-state index contributed by atoms with van der Waals surface area (Å²) in [4.78, 5) is 18.7. The van der Waals surface area contributed by atoms with Crippen LogP contribution in [0.3, 0.4) is 0 Å². The van der Waals surface area contributed by atoms with Gasteiger partial charge in [-0.1, -0.05) is 6.42 Å². The zero-order chi connectivity index (χ0) is 19.4. The van der Waals surface area contributed by atoms with Crippen molar-refractivity contribution in [3.63, 3.8) is 0 Å². The Morgan fingerprint density at radius 2 is 2.14 bits per heavy atom. The summed E-state index contributed by atoms with van der Waals surface area (Å²) in [6.07, 6.45) is 10.6. The van der Waals surface area contributed by atoms with E-state index in [0.717, 1.165) is 79.5 Å². The summed E-state index contributed by atoms with van der Waals surface area (Å²) >= 11 is 0. The molecule has 3 aromatic rings. The van der Waals surface area contributed by atoms with E-state index in [2.05, 4.69) is 31.0 Å². The molecule has 29 heavy (non-hydrogen) atoms. The fraction of sp³-hybridized carbons (Fsp3) is 0.524. The third kappa shape index (κ3) is 2.62. The maximum Gasteiger partial charge on any atom is 0.183 e. The molecule has 1 aliphatic carbocycles. The number of H-pyrrole nitrogens is 1. The van der Waals surface area contributed by atoms with Gasteiger partial charge in [0.25, 0.3) is 0 Å². The van der Waals surface area contributed by atoms with E-state index in [0.29, 0.717) is 6.04 Å². The first-order valence-corrected chi connectivity index (χ1v) is 10.7. The predicted molar refractivity (Wildman–Crippen MR) is 112 cm³/mol. The van der Waals surface area contributed by atoms with Crippen LogP contribution < -0.4 is 15.5 Å². The monoisotopic (exact) mass is 390 g/mol. The Morgan fingerprint density at radius 1 is 1.17 bits per heavy atom. The van der Waals surface area contributed by atoms with Crippen LogP contribution in [0.5, 0.6) is 0 Å². The number of hydrogen-bond donors (Lipinski definition) is 2. The summed E-state index contributed by atoms with van der Waals surface area (Å²) in [5.74, 6) is 1.76. The molecule has 2 fully saturated rings. The Hall–Kier alpha value is -2.74. The van der Waals surface area contributed by atoms with Crippen LogP contribution in [-0.4, -0.2) is 50.8 Å². The molecular weight excluding hydrogens is 364 g/mol. The van der Waals surface area contributed by atoms with Gasteiger partial charge in [0.15, 0.2) is 17.0 Å². The van der Waals surface area contributed by atoms with Crippen molar-refractivity contribution >= 4 is 28.5 Å². The van der Waals surface area contributed by atoms with Crippen LogP contribution >= 0.6 is 0 Å². The summed E-state index contributed by atoms with van der Waals surface area (Å²) in [5, 5.41) is 7.69. The highest BCUT2D eigenvalue weighted by molar-refractivity contribution is 5.87. The van der Waals surface area contributed by atoms with Gasteiger partial charge in [0, 0.05) is 37.3 Å².